The Morgan fingerprint density at radius 3 is 2.54 bits per heavy atom. The Kier molecular flexibility index (Phi) is 4.74. The van der Waals surface area contributed by atoms with Crippen LogP contribution in [0.4, 0.5) is 0 Å². The molecule has 1 aliphatic heterocycles. The maximum atomic E-state index is 13.5. The Bertz CT molecular complexity index is 870. The number of thiazole rings is 1. The molecule has 5 heteroatoms. The predicted octanol–water partition coefficient (Wildman–Crippen LogP) is 3.66. The number of rotatable bonds is 4. The second-order valence-corrected chi connectivity index (χ2v) is 7.97. The van der Waals surface area contributed by atoms with Gasteiger partial charge in [0.15, 0.2) is 0 Å². The molecule has 1 aromatic heterocycles. The second kappa shape index (κ2) is 7.17. The van der Waals surface area contributed by atoms with Crippen molar-refractivity contribution in [2.75, 3.05) is 26.3 Å². The van der Waals surface area contributed by atoms with Gasteiger partial charge in [0.25, 0.3) is 0 Å². The van der Waals surface area contributed by atoms with Gasteiger partial charge in [0.1, 0.15) is 0 Å². The van der Waals surface area contributed by atoms with Crippen molar-refractivity contribution in [3.63, 3.8) is 0 Å². The quantitative estimate of drug-likeness (QED) is 0.708. The minimum Gasteiger partial charge on any atom is -0.378 e. The van der Waals surface area contributed by atoms with Crippen LogP contribution in [0.3, 0.4) is 0 Å². The lowest BCUT2D eigenvalue weighted by atomic mass is 9.78. The van der Waals surface area contributed by atoms with Gasteiger partial charge in [-0.3, -0.25) is 4.79 Å². The van der Waals surface area contributed by atoms with Gasteiger partial charge in [0, 0.05) is 19.5 Å². The second-order valence-electron chi connectivity index (χ2n) is 6.85. The van der Waals surface area contributed by atoms with Gasteiger partial charge in [0.05, 0.1) is 33.9 Å². The van der Waals surface area contributed by atoms with Crippen molar-refractivity contribution < 1.29 is 9.53 Å². The molecule has 1 aliphatic rings. The predicted molar refractivity (Wildman–Crippen MR) is 105 cm³/mol. The molecule has 1 unspecified atom stereocenters. The summed E-state index contributed by atoms with van der Waals surface area (Å²) in [5.74, 6) is 0.159. The van der Waals surface area contributed by atoms with Crippen LogP contribution in [0.25, 0.3) is 10.2 Å². The number of ether oxygens (including phenoxy) is 1. The molecule has 0 radical (unpaired) electrons. The van der Waals surface area contributed by atoms with Crippen LogP contribution in [0, 0.1) is 0 Å². The lowest BCUT2D eigenvalue weighted by molar-refractivity contribution is -0.141. The van der Waals surface area contributed by atoms with Gasteiger partial charge in [-0.2, -0.15) is 0 Å². The van der Waals surface area contributed by atoms with Crippen LogP contribution in [-0.2, 0) is 21.4 Å². The lowest BCUT2D eigenvalue weighted by Gasteiger charge is -2.36. The number of nitrogens with zero attached hydrogens (tertiary/aromatic N) is 2. The maximum absolute atomic E-state index is 13.5. The number of benzene rings is 2. The van der Waals surface area contributed by atoms with Crippen LogP contribution < -0.4 is 0 Å². The number of para-hydroxylation sites is 1. The van der Waals surface area contributed by atoms with Gasteiger partial charge in [-0.25, -0.2) is 4.98 Å². The van der Waals surface area contributed by atoms with Gasteiger partial charge in [0.2, 0.25) is 5.91 Å². The molecule has 26 heavy (non-hydrogen) atoms. The molecule has 1 saturated heterocycles. The van der Waals surface area contributed by atoms with Crippen LogP contribution in [0.2, 0.25) is 0 Å². The summed E-state index contributed by atoms with van der Waals surface area (Å²) in [4.78, 5) is 20.2. The fourth-order valence-electron chi connectivity index (χ4n) is 3.52. The normalized spacial score (nSPS) is 17.2. The molecule has 0 bridgehead atoms. The highest BCUT2D eigenvalue weighted by Gasteiger charge is 2.39. The van der Waals surface area contributed by atoms with Gasteiger partial charge in [-0.15, -0.1) is 11.3 Å². The van der Waals surface area contributed by atoms with E-state index in [1.165, 1.54) is 0 Å². The molecule has 3 aromatic rings. The first-order valence-electron chi connectivity index (χ1n) is 8.94. The zero-order valence-electron chi connectivity index (χ0n) is 14.9. The van der Waals surface area contributed by atoms with E-state index in [0.717, 1.165) is 20.8 Å². The minimum absolute atomic E-state index is 0.159. The van der Waals surface area contributed by atoms with E-state index in [9.17, 15) is 4.79 Å². The number of aromatic nitrogens is 1. The van der Waals surface area contributed by atoms with E-state index in [4.69, 9.17) is 9.72 Å². The van der Waals surface area contributed by atoms with Crippen LogP contribution in [0.15, 0.2) is 54.6 Å². The maximum Gasteiger partial charge on any atom is 0.233 e. The van der Waals surface area contributed by atoms with Crippen molar-refractivity contribution in [2.45, 2.75) is 18.8 Å². The van der Waals surface area contributed by atoms with Crippen LogP contribution in [0.5, 0.6) is 0 Å². The number of fused-ring (bicyclic) bond motifs is 1. The summed E-state index contributed by atoms with van der Waals surface area (Å²) in [6.07, 6.45) is 0.604. The summed E-state index contributed by atoms with van der Waals surface area (Å²) in [7, 11) is 0. The third-order valence-corrected chi connectivity index (χ3v) is 6.06. The topological polar surface area (TPSA) is 42.4 Å². The average molecular weight is 366 g/mol. The van der Waals surface area contributed by atoms with E-state index < -0.39 is 5.41 Å². The summed E-state index contributed by atoms with van der Waals surface area (Å²) in [6, 6.07) is 18.2. The Labute approximate surface area is 157 Å². The van der Waals surface area contributed by atoms with Crippen LogP contribution in [0.1, 0.15) is 17.5 Å². The van der Waals surface area contributed by atoms with E-state index in [1.807, 2.05) is 60.4 Å². The molecule has 4 rings (SSSR count). The molecule has 1 fully saturated rings. The first kappa shape index (κ1) is 17.2. The summed E-state index contributed by atoms with van der Waals surface area (Å²) < 4.78 is 6.59. The van der Waals surface area contributed by atoms with Crippen LogP contribution >= 0.6 is 11.3 Å². The van der Waals surface area contributed by atoms with Crippen molar-refractivity contribution >= 4 is 27.5 Å². The smallest absolute Gasteiger partial charge is 0.233 e. The van der Waals surface area contributed by atoms with E-state index in [1.54, 1.807) is 11.3 Å². The molecule has 1 atom stereocenters. The molecule has 0 N–H and O–H groups in total. The van der Waals surface area contributed by atoms with E-state index in [2.05, 4.69) is 6.07 Å². The first-order valence-corrected chi connectivity index (χ1v) is 9.75. The zero-order valence-corrected chi connectivity index (χ0v) is 15.7. The Hall–Kier alpha value is -2.24. The lowest BCUT2D eigenvalue weighted by Crippen LogP contribution is -2.50. The fourth-order valence-corrected chi connectivity index (χ4v) is 4.64. The standard InChI is InChI=1S/C21H22N2O2S/c1-21(16-7-3-2-4-8-16,20(24)23-11-13-25-14-12-23)15-19-22-17-9-5-6-10-18(17)26-19/h2-10H,11-15H2,1H3. The number of morpholine rings is 1. The van der Waals surface area contributed by atoms with Gasteiger partial charge in [-0.1, -0.05) is 42.5 Å². The van der Waals surface area contributed by atoms with Crippen molar-refractivity contribution in [1.82, 2.24) is 9.88 Å². The van der Waals surface area contributed by atoms with Crippen molar-refractivity contribution in [3.8, 4) is 0 Å². The Balaban J connectivity index is 1.71. The summed E-state index contributed by atoms with van der Waals surface area (Å²) in [6.45, 7) is 4.57. The van der Waals surface area contributed by atoms with Gasteiger partial charge in [-0.05, 0) is 24.6 Å². The molecule has 134 valence electrons. The number of carbonyl (C=O) groups is 1. The Morgan fingerprint density at radius 2 is 1.81 bits per heavy atom. The summed E-state index contributed by atoms with van der Waals surface area (Å²) in [5.41, 5.74) is 1.41. The summed E-state index contributed by atoms with van der Waals surface area (Å²) >= 11 is 1.68. The number of amides is 1. The fraction of sp³-hybridized carbons (Fsp3) is 0.333. The van der Waals surface area contributed by atoms with Crippen molar-refractivity contribution in [3.05, 3.63) is 65.2 Å². The van der Waals surface area contributed by atoms with Crippen molar-refractivity contribution in [2.24, 2.45) is 0 Å². The summed E-state index contributed by atoms with van der Waals surface area (Å²) in [5, 5.41) is 0.999. The SMILES string of the molecule is CC(Cc1nc2ccccc2s1)(C(=O)N1CCOCC1)c1ccccc1. The molecule has 2 heterocycles. The third kappa shape index (κ3) is 3.24. The molecule has 1 amide bonds. The molecular weight excluding hydrogens is 344 g/mol. The molecular formula is C21H22N2O2S. The third-order valence-electron chi connectivity index (χ3n) is 5.02. The van der Waals surface area contributed by atoms with Crippen LogP contribution in [-0.4, -0.2) is 42.1 Å². The molecule has 0 spiro atoms. The number of hydrogen-bond acceptors (Lipinski definition) is 4. The van der Waals surface area contributed by atoms with Gasteiger partial charge >= 0.3 is 0 Å². The zero-order chi connectivity index (χ0) is 18.0. The molecule has 0 aliphatic carbocycles. The first-order chi connectivity index (χ1) is 12.7. The van der Waals surface area contributed by atoms with Crippen molar-refractivity contribution in [1.29, 1.82) is 0 Å². The highest BCUT2D eigenvalue weighted by atomic mass is 32.1. The average Bonchev–Trinajstić information content (AvgIpc) is 3.10. The highest BCUT2D eigenvalue weighted by Crippen LogP contribution is 2.33. The minimum atomic E-state index is -0.632. The largest absolute Gasteiger partial charge is 0.378 e. The van der Waals surface area contributed by atoms with E-state index in [0.29, 0.717) is 32.7 Å². The highest BCUT2D eigenvalue weighted by molar-refractivity contribution is 7.18. The van der Waals surface area contributed by atoms with E-state index in [-0.39, 0.29) is 5.91 Å². The van der Waals surface area contributed by atoms with Gasteiger partial charge < -0.3 is 9.64 Å². The van der Waals surface area contributed by atoms with E-state index >= 15 is 0 Å². The number of hydrogen-bond donors (Lipinski definition) is 0. The number of carbonyl (C=O) groups excluding carboxylic acids is 1. The Morgan fingerprint density at radius 1 is 1.12 bits per heavy atom. The molecule has 2 aromatic carbocycles. The molecule has 0 saturated carbocycles. The molecule has 4 nitrogen and oxygen atoms in total. The monoisotopic (exact) mass is 366 g/mol.